The summed E-state index contributed by atoms with van der Waals surface area (Å²) >= 11 is 0. The summed E-state index contributed by atoms with van der Waals surface area (Å²) in [5.74, 6) is -0.0987. The molecule has 0 spiro atoms. The van der Waals surface area contributed by atoms with Crippen molar-refractivity contribution in [1.82, 2.24) is 10.3 Å². The van der Waals surface area contributed by atoms with Crippen LogP contribution in [0.25, 0.3) is 10.9 Å². The summed E-state index contributed by atoms with van der Waals surface area (Å²) in [6, 6.07) is 9.69. The number of amides is 1. The average Bonchev–Trinajstić information content (AvgIpc) is 2.80. The molecule has 1 unspecified atom stereocenters. The number of carbonyl (C=O) groups is 1. The standard InChI is InChI=1S/C14H18N2O2/c1-3-18-9-10(2)15-14(17)13-8-11-6-4-5-7-12(11)16-13/h4-8,10,16H,3,9H2,1-2H3,(H,15,17). The maximum Gasteiger partial charge on any atom is 0.268 e. The first-order valence-corrected chi connectivity index (χ1v) is 6.17. The minimum Gasteiger partial charge on any atom is -0.380 e. The van der Waals surface area contributed by atoms with Crippen molar-refractivity contribution < 1.29 is 9.53 Å². The van der Waals surface area contributed by atoms with E-state index >= 15 is 0 Å². The van der Waals surface area contributed by atoms with E-state index in [1.165, 1.54) is 0 Å². The number of ether oxygens (including phenoxy) is 1. The van der Waals surface area contributed by atoms with Crippen molar-refractivity contribution in [2.45, 2.75) is 19.9 Å². The van der Waals surface area contributed by atoms with Gasteiger partial charge in [0, 0.05) is 23.6 Å². The number of rotatable bonds is 5. The molecule has 0 saturated heterocycles. The Morgan fingerprint density at radius 1 is 1.44 bits per heavy atom. The van der Waals surface area contributed by atoms with Crippen LogP contribution in [0.4, 0.5) is 0 Å². The number of hydrogen-bond donors (Lipinski definition) is 2. The normalized spacial score (nSPS) is 12.6. The second-order valence-corrected chi connectivity index (χ2v) is 4.30. The molecule has 2 N–H and O–H groups in total. The summed E-state index contributed by atoms with van der Waals surface area (Å²) in [7, 11) is 0. The van der Waals surface area contributed by atoms with Crippen LogP contribution in [0.15, 0.2) is 30.3 Å². The number of nitrogens with one attached hydrogen (secondary N) is 2. The molecule has 1 atom stereocenters. The quantitative estimate of drug-likeness (QED) is 0.850. The molecule has 0 saturated carbocycles. The fourth-order valence-electron chi connectivity index (χ4n) is 1.83. The minimum atomic E-state index is -0.0987. The SMILES string of the molecule is CCOCC(C)NC(=O)c1cc2ccccc2[nH]1. The van der Waals surface area contributed by atoms with Gasteiger partial charge in [-0.05, 0) is 26.0 Å². The molecule has 18 heavy (non-hydrogen) atoms. The number of fused-ring (bicyclic) bond motifs is 1. The van der Waals surface area contributed by atoms with E-state index in [2.05, 4.69) is 10.3 Å². The number of benzene rings is 1. The van der Waals surface area contributed by atoms with Crippen LogP contribution in [0.2, 0.25) is 0 Å². The van der Waals surface area contributed by atoms with Crippen LogP contribution in [0.1, 0.15) is 24.3 Å². The van der Waals surface area contributed by atoms with Crippen molar-refractivity contribution >= 4 is 16.8 Å². The van der Waals surface area contributed by atoms with Gasteiger partial charge >= 0.3 is 0 Å². The smallest absolute Gasteiger partial charge is 0.268 e. The molecule has 0 bridgehead atoms. The van der Waals surface area contributed by atoms with Crippen LogP contribution in [-0.2, 0) is 4.74 Å². The lowest BCUT2D eigenvalue weighted by Crippen LogP contribution is -2.36. The maximum atomic E-state index is 12.0. The van der Waals surface area contributed by atoms with Crippen LogP contribution in [0.3, 0.4) is 0 Å². The number of aromatic nitrogens is 1. The van der Waals surface area contributed by atoms with Gasteiger partial charge in [-0.25, -0.2) is 0 Å². The van der Waals surface area contributed by atoms with Crippen molar-refractivity contribution in [3.05, 3.63) is 36.0 Å². The second-order valence-electron chi connectivity index (χ2n) is 4.30. The highest BCUT2D eigenvalue weighted by molar-refractivity contribution is 5.98. The lowest BCUT2D eigenvalue weighted by Gasteiger charge is -2.12. The van der Waals surface area contributed by atoms with Crippen LogP contribution in [0, 0.1) is 0 Å². The summed E-state index contributed by atoms with van der Waals surface area (Å²) in [6.45, 7) is 5.05. The highest BCUT2D eigenvalue weighted by atomic mass is 16.5. The van der Waals surface area contributed by atoms with Crippen LogP contribution in [-0.4, -0.2) is 30.1 Å². The Balaban J connectivity index is 2.04. The zero-order valence-corrected chi connectivity index (χ0v) is 10.7. The summed E-state index contributed by atoms with van der Waals surface area (Å²) in [4.78, 5) is 15.1. The second kappa shape index (κ2) is 5.69. The summed E-state index contributed by atoms with van der Waals surface area (Å²) in [5, 5.41) is 3.94. The molecule has 0 aliphatic rings. The van der Waals surface area contributed by atoms with E-state index in [1.54, 1.807) is 0 Å². The van der Waals surface area contributed by atoms with Crippen molar-refractivity contribution in [1.29, 1.82) is 0 Å². The summed E-state index contributed by atoms with van der Waals surface area (Å²) in [5.41, 5.74) is 1.56. The van der Waals surface area contributed by atoms with Gasteiger partial charge in [0.1, 0.15) is 5.69 Å². The molecule has 2 aromatic rings. The third kappa shape index (κ3) is 2.90. The van der Waals surface area contributed by atoms with E-state index in [-0.39, 0.29) is 11.9 Å². The number of carbonyl (C=O) groups excluding carboxylic acids is 1. The largest absolute Gasteiger partial charge is 0.380 e. The van der Waals surface area contributed by atoms with Crippen molar-refractivity contribution in [2.75, 3.05) is 13.2 Å². The van der Waals surface area contributed by atoms with Gasteiger partial charge < -0.3 is 15.0 Å². The molecule has 96 valence electrons. The zero-order valence-electron chi connectivity index (χ0n) is 10.7. The van der Waals surface area contributed by atoms with E-state index in [0.29, 0.717) is 18.9 Å². The number of H-pyrrole nitrogens is 1. The summed E-state index contributed by atoms with van der Waals surface area (Å²) in [6.07, 6.45) is 0. The van der Waals surface area contributed by atoms with Gasteiger partial charge in [-0.1, -0.05) is 18.2 Å². The summed E-state index contributed by atoms with van der Waals surface area (Å²) < 4.78 is 5.27. The molecule has 1 aromatic heterocycles. The topological polar surface area (TPSA) is 54.1 Å². The predicted molar refractivity (Wildman–Crippen MR) is 71.7 cm³/mol. The van der Waals surface area contributed by atoms with Gasteiger partial charge in [0.2, 0.25) is 0 Å². The number of para-hydroxylation sites is 1. The first-order chi connectivity index (χ1) is 8.70. The molecule has 1 heterocycles. The third-order valence-corrected chi connectivity index (χ3v) is 2.72. The van der Waals surface area contributed by atoms with Crippen molar-refractivity contribution in [2.24, 2.45) is 0 Å². The Morgan fingerprint density at radius 2 is 2.22 bits per heavy atom. The van der Waals surface area contributed by atoms with Gasteiger partial charge in [0.05, 0.1) is 6.61 Å². The molecular weight excluding hydrogens is 228 g/mol. The van der Waals surface area contributed by atoms with E-state index in [4.69, 9.17) is 4.74 Å². The Hall–Kier alpha value is -1.81. The predicted octanol–water partition coefficient (Wildman–Crippen LogP) is 2.32. The fourth-order valence-corrected chi connectivity index (χ4v) is 1.83. The van der Waals surface area contributed by atoms with Crippen molar-refractivity contribution in [3.63, 3.8) is 0 Å². The van der Waals surface area contributed by atoms with Crippen LogP contribution >= 0.6 is 0 Å². The first-order valence-electron chi connectivity index (χ1n) is 6.17. The average molecular weight is 246 g/mol. The molecule has 4 heteroatoms. The van der Waals surface area contributed by atoms with Gasteiger partial charge in [-0.3, -0.25) is 4.79 Å². The highest BCUT2D eigenvalue weighted by Gasteiger charge is 2.12. The van der Waals surface area contributed by atoms with Gasteiger partial charge in [-0.15, -0.1) is 0 Å². The molecule has 2 rings (SSSR count). The van der Waals surface area contributed by atoms with E-state index < -0.39 is 0 Å². The molecule has 0 fully saturated rings. The van der Waals surface area contributed by atoms with Gasteiger partial charge in [0.15, 0.2) is 0 Å². The fraction of sp³-hybridized carbons (Fsp3) is 0.357. The Bertz CT molecular complexity index is 500. The van der Waals surface area contributed by atoms with E-state index in [9.17, 15) is 4.79 Å². The minimum absolute atomic E-state index is 0.00358. The number of hydrogen-bond acceptors (Lipinski definition) is 2. The molecular formula is C14H18N2O2. The number of aromatic amines is 1. The van der Waals surface area contributed by atoms with Gasteiger partial charge in [-0.2, -0.15) is 0 Å². The Labute approximate surface area is 106 Å². The lowest BCUT2D eigenvalue weighted by molar-refractivity contribution is 0.0868. The molecule has 0 aliphatic carbocycles. The van der Waals surface area contributed by atoms with E-state index in [0.717, 1.165) is 10.9 Å². The Kier molecular flexibility index (Phi) is 3.99. The molecule has 1 amide bonds. The molecule has 1 aromatic carbocycles. The van der Waals surface area contributed by atoms with Crippen LogP contribution in [0.5, 0.6) is 0 Å². The van der Waals surface area contributed by atoms with E-state index in [1.807, 2.05) is 44.2 Å². The zero-order chi connectivity index (χ0) is 13.0. The molecule has 0 radical (unpaired) electrons. The maximum absolute atomic E-state index is 12.0. The molecule has 4 nitrogen and oxygen atoms in total. The first kappa shape index (κ1) is 12.6. The monoisotopic (exact) mass is 246 g/mol. The third-order valence-electron chi connectivity index (χ3n) is 2.72. The Morgan fingerprint density at radius 3 is 2.94 bits per heavy atom. The molecule has 0 aliphatic heterocycles. The van der Waals surface area contributed by atoms with Gasteiger partial charge in [0.25, 0.3) is 5.91 Å². The lowest BCUT2D eigenvalue weighted by atomic mass is 10.2. The van der Waals surface area contributed by atoms with Crippen LogP contribution < -0.4 is 5.32 Å². The van der Waals surface area contributed by atoms with Crippen molar-refractivity contribution in [3.8, 4) is 0 Å². The highest BCUT2D eigenvalue weighted by Crippen LogP contribution is 2.14.